The number of rotatable bonds is 6. The molecule has 3 rings (SSSR count). The topological polar surface area (TPSA) is 126 Å². The number of carbonyl (C=O) groups is 3. The van der Waals surface area contributed by atoms with Crippen molar-refractivity contribution in [2.24, 2.45) is 11.1 Å². The van der Waals surface area contributed by atoms with Crippen molar-refractivity contribution in [1.82, 2.24) is 15.2 Å². The summed E-state index contributed by atoms with van der Waals surface area (Å²) in [5, 5.41) is 12.0. The van der Waals surface area contributed by atoms with Gasteiger partial charge in [-0.15, -0.1) is 22.9 Å². The summed E-state index contributed by atoms with van der Waals surface area (Å²) < 4.78 is 0. The number of β-amino-alcohol motifs (C(OH)–C–C–N with tert-alkyl or cyclic N) is 1. The van der Waals surface area contributed by atoms with Gasteiger partial charge in [0.15, 0.2) is 0 Å². The van der Waals surface area contributed by atoms with E-state index >= 15 is 0 Å². The molecule has 1 aromatic heterocycles. The van der Waals surface area contributed by atoms with Crippen molar-refractivity contribution in [2.45, 2.75) is 73.5 Å². The summed E-state index contributed by atoms with van der Waals surface area (Å²) in [6.07, 6.45) is 1.73. The van der Waals surface area contributed by atoms with Gasteiger partial charge in [-0.3, -0.25) is 14.4 Å². The number of aliphatic hydroxyl groups is 1. The Morgan fingerprint density at radius 1 is 1.30 bits per heavy atom. The first-order chi connectivity index (χ1) is 17.4. The molecule has 4 N–H and O–H groups in total. The smallest absolute Gasteiger partial charge is 0.232 e. The van der Waals surface area contributed by atoms with Crippen LogP contribution in [0.3, 0.4) is 0 Å². The van der Waals surface area contributed by atoms with Crippen LogP contribution >= 0.6 is 22.9 Å². The van der Waals surface area contributed by atoms with Gasteiger partial charge in [0.2, 0.25) is 18.2 Å². The minimum absolute atomic E-state index is 0.0455. The van der Waals surface area contributed by atoms with E-state index < -0.39 is 5.91 Å². The van der Waals surface area contributed by atoms with E-state index in [1.807, 2.05) is 45.3 Å². The number of aromatic nitrogens is 1. The second kappa shape index (κ2) is 17.9. The van der Waals surface area contributed by atoms with Crippen LogP contribution in [-0.4, -0.2) is 58.3 Å². The zero-order chi connectivity index (χ0) is 28.6. The van der Waals surface area contributed by atoms with Crippen LogP contribution in [0.4, 0.5) is 0 Å². The molecule has 0 radical (unpaired) electrons. The number of aryl methyl sites for hydroxylation is 1. The van der Waals surface area contributed by atoms with Gasteiger partial charge in [-0.1, -0.05) is 58.9 Å². The fourth-order valence-corrected chi connectivity index (χ4v) is 4.05. The molecule has 8 nitrogen and oxygen atoms in total. The number of aliphatic hydroxyl groups excluding tert-OH is 1. The number of hydrogen-bond donors (Lipinski definition) is 3. The number of nitrogens with zero attached hydrogens (tertiary/aromatic N) is 2. The molecule has 37 heavy (non-hydrogen) atoms. The normalized spacial score (nSPS) is 15.1. The first-order valence-corrected chi connectivity index (χ1v) is 13.8. The molecule has 1 saturated heterocycles. The minimum Gasteiger partial charge on any atom is -0.391 e. The van der Waals surface area contributed by atoms with Crippen molar-refractivity contribution in [3.63, 3.8) is 0 Å². The second-order valence-electron chi connectivity index (χ2n) is 9.51. The molecular weight excluding hydrogens is 512 g/mol. The Morgan fingerprint density at radius 3 is 2.24 bits per heavy atom. The zero-order valence-electron chi connectivity index (χ0n) is 23.1. The number of amides is 3. The molecule has 2 heterocycles. The van der Waals surface area contributed by atoms with Gasteiger partial charge >= 0.3 is 0 Å². The SMILES string of the molecule is CC.CC(C)(C)CC(=O)N1CCC(O)C1.Cc1ncsc1-c1ccc([C@H](C)NC=O)cc1.NC(=O)CCl. The van der Waals surface area contributed by atoms with Crippen LogP contribution in [-0.2, 0) is 14.4 Å². The van der Waals surface area contributed by atoms with Crippen LogP contribution in [0.25, 0.3) is 10.4 Å². The first kappa shape index (κ1) is 34.5. The maximum atomic E-state index is 11.6. The third kappa shape index (κ3) is 14.1. The average Bonchev–Trinajstić information content (AvgIpc) is 3.48. The van der Waals surface area contributed by atoms with E-state index in [1.165, 1.54) is 10.4 Å². The molecule has 2 atom stereocenters. The molecule has 0 spiro atoms. The molecular formula is C27H43ClN4O4S. The van der Waals surface area contributed by atoms with Crippen LogP contribution in [0, 0.1) is 12.3 Å². The maximum Gasteiger partial charge on any atom is 0.232 e. The Bertz CT molecular complexity index is 945. The molecule has 1 aliphatic heterocycles. The highest BCUT2D eigenvalue weighted by Gasteiger charge is 2.27. The molecule has 3 amide bonds. The van der Waals surface area contributed by atoms with Crippen molar-refractivity contribution in [3.8, 4) is 10.4 Å². The number of alkyl halides is 1. The Morgan fingerprint density at radius 2 is 1.86 bits per heavy atom. The van der Waals surface area contributed by atoms with Crippen molar-refractivity contribution in [1.29, 1.82) is 0 Å². The Labute approximate surface area is 230 Å². The fourth-order valence-electron chi connectivity index (χ4n) is 3.23. The standard InChI is InChI=1S/C13H14N2OS.C10H19NO2.C2H4ClNO.C2H6/c1-9(14-7-16)11-3-5-12(6-4-11)13-10(2)15-8-17-13;1-10(2,3)6-9(13)11-5-4-8(12)7-11;3-1-2(4)5;1-2/h3-9H,1-2H3,(H,14,16);8,12H,4-7H2,1-3H3;1H2,(H2,4,5);1-2H3/t9-;;;/m0.../s1. The van der Waals surface area contributed by atoms with Crippen LogP contribution in [0.1, 0.15) is 71.7 Å². The zero-order valence-corrected chi connectivity index (χ0v) is 24.7. The second-order valence-corrected chi connectivity index (χ2v) is 10.6. The quantitative estimate of drug-likeness (QED) is 0.353. The number of likely N-dealkylation sites (tertiary alicyclic amines) is 1. The van der Waals surface area contributed by atoms with Crippen LogP contribution < -0.4 is 11.1 Å². The Hall–Kier alpha value is -2.49. The van der Waals surface area contributed by atoms with Crippen molar-refractivity contribution >= 4 is 41.2 Å². The van der Waals surface area contributed by atoms with Gasteiger partial charge < -0.3 is 21.1 Å². The van der Waals surface area contributed by atoms with Crippen LogP contribution in [0.2, 0.25) is 0 Å². The molecule has 10 heteroatoms. The number of thiazole rings is 1. The van der Waals surface area contributed by atoms with Crippen LogP contribution in [0.5, 0.6) is 0 Å². The molecule has 0 aliphatic carbocycles. The number of hydrogen-bond acceptors (Lipinski definition) is 6. The van der Waals surface area contributed by atoms with E-state index in [4.69, 9.17) is 11.6 Å². The highest BCUT2D eigenvalue weighted by atomic mass is 35.5. The van der Waals surface area contributed by atoms with E-state index in [0.717, 1.165) is 30.6 Å². The van der Waals surface area contributed by atoms with Gasteiger partial charge in [0, 0.05) is 19.5 Å². The van der Waals surface area contributed by atoms with Gasteiger partial charge in [0.1, 0.15) is 5.88 Å². The van der Waals surface area contributed by atoms with Crippen molar-refractivity contribution in [3.05, 3.63) is 41.0 Å². The van der Waals surface area contributed by atoms with E-state index in [9.17, 15) is 19.5 Å². The summed E-state index contributed by atoms with van der Waals surface area (Å²) in [5.74, 6) is -0.393. The molecule has 1 aromatic carbocycles. The van der Waals surface area contributed by atoms with E-state index in [1.54, 1.807) is 16.2 Å². The lowest BCUT2D eigenvalue weighted by Gasteiger charge is -2.22. The Balaban J connectivity index is 0.000000574. The molecule has 1 unspecified atom stereocenters. The molecule has 208 valence electrons. The van der Waals surface area contributed by atoms with Crippen molar-refractivity contribution < 1.29 is 19.5 Å². The monoisotopic (exact) mass is 554 g/mol. The summed E-state index contributed by atoms with van der Waals surface area (Å²) in [6.45, 7) is 15.4. The number of primary amides is 1. The van der Waals surface area contributed by atoms with Gasteiger partial charge in [0.05, 0.1) is 28.2 Å². The molecule has 1 aliphatic rings. The van der Waals surface area contributed by atoms with E-state index in [0.29, 0.717) is 13.0 Å². The number of benzene rings is 1. The highest BCUT2D eigenvalue weighted by Crippen LogP contribution is 2.28. The van der Waals surface area contributed by atoms with Gasteiger partial charge in [-0.25, -0.2) is 4.98 Å². The van der Waals surface area contributed by atoms with Gasteiger partial charge in [-0.05, 0) is 36.8 Å². The highest BCUT2D eigenvalue weighted by molar-refractivity contribution is 7.13. The summed E-state index contributed by atoms with van der Waals surface area (Å²) in [5.41, 5.74) is 9.75. The number of nitrogens with two attached hydrogens (primary N) is 1. The largest absolute Gasteiger partial charge is 0.391 e. The van der Waals surface area contributed by atoms with E-state index in [2.05, 4.69) is 48.9 Å². The molecule has 0 saturated carbocycles. The Kier molecular flexibility index (Phi) is 16.7. The number of nitrogens with one attached hydrogen (secondary N) is 1. The molecule has 1 fully saturated rings. The maximum absolute atomic E-state index is 11.6. The fraction of sp³-hybridized carbons (Fsp3) is 0.556. The first-order valence-electron chi connectivity index (χ1n) is 12.4. The summed E-state index contributed by atoms with van der Waals surface area (Å²) >= 11 is 6.51. The predicted molar refractivity (Wildman–Crippen MR) is 152 cm³/mol. The van der Waals surface area contributed by atoms with Crippen molar-refractivity contribution in [2.75, 3.05) is 19.0 Å². The average molecular weight is 555 g/mol. The third-order valence-electron chi connectivity index (χ3n) is 5.07. The third-order valence-corrected chi connectivity index (χ3v) is 6.31. The lowest BCUT2D eigenvalue weighted by Crippen LogP contribution is -2.32. The molecule has 2 aromatic rings. The van der Waals surface area contributed by atoms with Crippen LogP contribution in [0.15, 0.2) is 29.8 Å². The lowest BCUT2D eigenvalue weighted by molar-refractivity contribution is -0.132. The minimum atomic E-state index is -0.480. The summed E-state index contributed by atoms with van der Waals surface area (Å²) in [6, 6.07) is 8.26. The summed E-state index contributed by atoms with van der Waals surface area (Å²) in [4.78, 5) is 38.6. The lowest BCUT2D eigenvalue weighted by atomic mass is 9.92. The number of halogens is 1. The molecule has 0 bridgehead atoms. The van der Waals surface area contributed by atoms with Gasteiger partial charge in [0.25, 0.3) is 0 Å². The van der Waals surface area contributed by atoms with Gasteiger partial charge in [-0.2, -0.15) is 0 Å². The number of carbonyl (C=O) groups excluding carboxylic acids is 3. The van der Waals surface area contributed by atoms with E-state index in [-0.39, 0.29) is 29.3 Å². The summed E-state index contributed by atoms with van der Waals surface area (Å²) in [7, 11) is 0. The predicted octanol–water partition coefficient (Wildman–Crippen LogP) is 4.68.